The standard InChI is InChI=1S/C18H18ClN5OS/c1-3-24-17(13-6-8-20-9-7-13)22-23-18(24)26-11-16(25)21-15-5-4-14(19)10-12(15)2/h4-10H,3,11H2,1-2H3,(H,21,25). The summed E-state index contributed by atoms with van der Waals surface area (Å²) in [5.74, 6) is 0.916. The topological polar surface area (TPSA) is 72.7 Å². The number of amides is 1. The van der Waals surface area contributed by atoms with Crippen LogP contribution in [0.5, 0.6) is 0 Å². The Morgan fingerprint density at radius 2 is 2.00 bits per heavy atom. The average molecular weight is 388 g/mol. The molecule has 0 saturated carbocycles. The molecule has 26 heavy (non-hydrogen) atoms. The van der Waals surface area contributed by atoms with Crippen molar-refractivity contribution >= 4 is 35.0 Å². The average Bonchev–Trinajstić information content (AvgIpc) is 3.06. The highest BCUT2D eigenvalue weighted by molar-refractivity contribution is 7.99. The van der Waals surface area contributed by atoms with Gasteiger partial charge < -0.3 is 9.88 Å². The van der Waals surface area contributed by atoms with Crippen LogP contribution in [0.4, 0.5) is 5.69 Å². The minimum Gasteiger partial charge on any atom is -0.325 e. The third-order valence-corrected chi connectivity index (χ3v) is 4.97. The lowest BCUT2D eigenvalue weighted by Crippen LogP contribution is -2.15. The van der Waals surface area contributed by atoms with Gasteiger partial charge in [-0.25, -0.2) is 0 Å². The Morgan fingerprint density at radius 3 is 2.69 bits per heavy atom. The van der Waals surface area contributed by atoms with Crippen LogP contribution in [0.1, 0.15) is 12.5 Å². The summed E-state index contributed by atoms with van der Waals surface area (Å²) in [5.41, 5.74) is 2.63. The van der Waals surface area contributed by atoms with Gasteiger partial charge in [0.25, 0.3) is 0 Å². The molecule has 0 aliphatic rings. The highest BCUT2D eigenvalue weighted by Crippen LogP contribution is 2.24. The number of hydrogen-bond donors (Lipinski definition) is 1. The molecule has 2 heterocycles. The number of pyridine rings is 1. The van der Waals surface area contributed by atoms with Gasteiger partial charge in [-0.15, -0.1) is 10.2 Å². The van der Waals surface area contributed by atoms with Gasteiger partial charge in [0.15, 0.2) is 11.0 Å². The van der Waals surface area contributed by atoms with Crippen LogP contribution in [-0.2, 0) is 11.3 Å². The molecular weight excluding hydrogens is 370 g/mol. The Kier molecular flexibility index (Phi) is 5.90. The van der Waals surface area contributed by atoms with E-state index >= 15 is 0 Å². The zero-order valence-corrected chi connectivity index (χ0v) is 16.0. The maximum atomic E-state index is 12.3. The largest absolute Gasteiger partial charge is 0.325 e. The molecule has 0 saturated heterocycles. The number of nitrogens with one attached hydrogen (secondary N) is 1. The van der Waals surface area contributed by atoms with Crippen LogP contribution in [0.2, 0.25) is 5.02 Å². The molecule has 1 aromatic carbocycles. The fraction of sp³-hybridized carbons (Fsp3) is 0.222. The minimum absolute atomic E-state index is 0.100. The predicted molar refractivity (Wildman–Crippen MR) is 104 cm³/mol. The Balaban J connectivity index is 1.68. The van der Waals surface area contributed by atoms with Crippen LogP contribution in [-0.4, -0.2) is 31.4 Å². The van der Waals surface area contributed by atoms with Crippen molar-refractivity contribution in [3.05, 3.63) is 53.3 Å². The normalized spacial score (nSPS) is 10.7. The van der Waals surface area contributed by atoms with E-state index in [0.717, 1.165) is 22.6 Å². The Labute approximate surface area is 161 Å². The van der Waals surface area contributed by atoms with Gasteiger partial charge >= 0.3 is 0 Å². The van der Waals surface area contributed by atoms with E-state index in [1.807, 2.05) is 36.6 Å². The third kappa shape index (κ3) is 4.23. The summed E-state index contributed by atoms with van der Waals surface area (Å²) in [5, 5.41) is 12.7. The highest BCUT2D eigenvalue weighted by Gasteiger charge is 2.15. The van der Waals surface area contributed by atoms with Crippen molar-refractivity contribution in [1.29, 1.82) is 0 Å². The molecule has 0 fully saturated rings. The Hall–Kier alpha value is -2.38. The maximum absolute atomic E-state index is 12.3. The summed E-state index contributed by atoms with van der Waals surface area (Å²) in [4.78, 5) is 16.3. The number of hydrogen-bond acceptors (Lipinski definition) is 5. The van der Waals surface area contributed by atoms with Crippen LogP contribution in [0.3, 0.4) is 0 Å². The predicted octanol–water partition coefficient (Wildman–Crippen LogP) is 4.05. The van der Waals surface area contributed by atoms with E-state index in [2.05, 4.69) is 20.5 Å². The number of rotatable bonds is 6. The van der Waals surface area contributed by atoms with Gasteiger partial charge in [-0.05, 0) is 49.7 Å². The number of halogens is 1. The zero-order valence-electron chi connectivity index (χ0n) is 14.4. The first-order chi connectivity index (χ1) is 12.6. The van der Waals surface area contributed by atoms with Crippen LogP contribution < -0.4 is 5.32 Å². The fourth-order valence-electron chi connectivity index (χ4n) is 2.48. The number of benzene rings is 1. The van der Waals surface area contributed by atoms with Crippen molar-refractivity contribution < 1.29 is 4.79 Å². The van der Waals surface area contributed by atoms with E-state index < -0.39 is 0 Å². The van der Waals surface area contributed by atoms with Gasteiger partial charge in [0.2, 0.25) is 5.91 Å². The van der Waals surface area contributed by atoms with E-state index in [4.69, 9.17) is 11.6 Å². The molecule has 0 aliphatic heterocycles. The van der Waals surface area contributed by atoms with E-state index in [-0.39, 0.29) is 11.7 Å². The number of aryl methyl sites for hydroxylation is 1. The number of aromatic nitrogens is 4. The van der Waals surface area contributed by atoms with Gasteiger partial charge in [0.1, 0.15) is 0 Å². The van der Waals surface area contributed by atoms with E-state index in [1.165, 1.54) is 11.8 Å². The van der Waals surface area contributed by atoms with Gasteiger partial charge in [0.05, 0.1) is 5.75 Å². The molecule has 0 bridgehead atoms. The summed E-state index contributed by atoms with van der Waals surface area (Å²) < 4.78 is 1.99. The fourth-order valence-corrected chi connectivity index (χ4v) is 3.51. The second-order valence-electron chi connectivity index (χ2n) is 5.58. The first-order valence-electron chi connectivity index (χ1n) is 8.11. The van der Waals surface area contributed by atoms with Gasteiger partial charge in [-0.1, -0.05) is 23.4 Å². The molecule has 3 rings (SSSR count). The first kappa shape index (κ1) is 18.4. The lowest BCUT2D eigenvalue weighted by Gasteiger charge is -2.09. The van der Waals surface area contributed by atoms with E-state index in [9.17, 15) is 4.79 Å². The number of carbonyl (C=O) groups is 1. The Morgan fingerprint density at radius 1 is 1.23 bits per heavy atom. The molecule has 1 amide bonds. The highest BCUT2D eigenvalue weighted by atomic mass is 35.5. The maximum Gasteiger partial charge on any atom is 0.234 e. The van der Waals surface area contributed by atoms with Gasteiger partial charge in [-0.3, -0.25) is 9.78 Å². The van der Waals surface area contributed by atoms with Crippen LogP contribution in [0.25, 0.3) is 11.4 Å². The monoisotopic (exact) mass is 387 g/mol. The van der Waals surface area contributed by atoms with Gasteiger partial charge in [-0.2, -0.15) is 0 Å². The second kappa shape index (κ2) is 8.33. The molecule has 8 heteroatoms. The molecule has 134 valence electrons. The summed E-state index contributed by atoms with van der Waals surface area (Å²) in [6.45, 7) is 4.64. The summed E-state index contributed by atoms with van der Waals surface area (Å²) in [6.07, 6.45) is 3.44. The Bertz CT molecular complexity index is 913. The van der Waals surface area contributed by atoms with Crippen molar-refractivity contribution in [1.82, 2.24) is 19.7 Å². The van der Waals surface area contributed by atoms with Crippen molar-refractivity contribution in [2.45, 2.75) is 25.5 Å². The molecule has 0 unspecified atom stereocenters. The molecule has 0 radical (unpaired) electrons. The van der Waals surface area contributed by atoms with Crippen molar-refractivity contribution in [3.63, 3.8) is 0 Å². The van der Waals surface area contributed by atoms with Crippen LogP contribution >= 0.6 is 23.4 Å². The van der Waals surface area contributed by atoms with Gasteiger partial charge in [0, 0.05) is 35.2 Å². The smallest absolute Gasteiger partial charge is 0.234 e. The molecule has 3 aromatic rings. The number of carbonyl (C=O) groups excluding carboxylic acids is 1. The number of thioether (sulfide) groups is 1. The van der Waals surface area contributed by atoms with E-state index in [0.29, 0.717) is 16.7 Å². The third-order valence-electron chi connectivity index (χ3n) is 3.77. The molecule has 0 spiro atoms. The summed E-state index contributed by atoms with van der Waals surface area (Å²) in [6, 6.07) is 9.16. The number of nitrogens with zero attached hydrogens (tertiary/aromatic N) is 4. The second-order valence-corrected chi connectivity index (χ2v) is 6.96. The van der Waals surface area contributed by atoms with Crippen LogP contribution in [0.15, 0.2) is 47.9 Å². The quantitative estimate of drug-likeness (QED) is 0.646. The molecule has 0 atom stereocenters. The molecule has 0 aliphatic carbocycles. The molecule has 6 nitrogen and oxygen atoms in total. The van der Waals surface area contributed by atoms with E-state index in [1.54, 1.807) is 24.5 Å². The SMILES string of the molecule is CCn1c(SCC(=O)Nc2ccc(Cl)cc2C)nnc1-c1ccncc1. The van der Waals surface area contributed by atoms with Crippen molar-refractivity contribution in [3.8, 4) is 11.4 Å². The van der Waals surface area contributed by atoms with Crippen molar-refractivity contribution in [2.75, 3.05) is 11.1 Å². The van der Waals surface area contributed by atoms with Crippen molar-refractivity contribution in [2.24, 2.45) is 0 Å². The first-order valence-corrected chi connectivity index (χ1v) is 9.47. The van der Waals surface area contributed by atoms with Crippen LogP contribution in [0, 0.1) is 6.92 Å². The molecule has 2 aromatic heterocycles. The lowest BCUT2D eigenvalue weighted by molar-refractivity contribution is -0.113. The minimum atomic E-state index is -0.100. The number of anilines is 1. The lowest BCUT2D eigenvalue weighted by atomic mass is 10.2. The summed E-state index contributed by atoms with van der Waals surface area (Å²) >= 11 is 7.30. The zero-order chi connectivity index (χ0) is 18.5. The summed E-state index contributed by atoms with van der Waals surface area (Å²) in [7, 11) is 0. The molecule has 1 N–H and O–H groups in total. The molecular formula is C18H18ClN5OS.